The van der Waals surface area contributed by atoms with E-state index in [0.717, 1.165) is 5.56 Å². The van der Waals surface area contributed by atoms with E-state index in [1.165, 1.54) is 10.5 Å². The van der Waals surface area contributed by atoms with Crippen LogP contribution in [-0.2, 0) is 22.6 Å². The quantitative estimate of drug-likeness (QED) is 0.856. The molecular formula is C17H20ClF3N2O3. The monoisotopic (exact) mass is 392 g/mol. The Bertz CT molecular complexity index is 683. The molecule has 0 bridgehead atoms. The van der Waals surface area contributed by atoms with Crippen LogP contribution in [0.15, 0.2) is 24.3 Å². The third-order valence-corrected chi connectivity index (χ3v) is 4.98. The van der Waals surface area contributed by atoms with Crippen molar-refractivity contribution in [2.75, 3.05) is 26.2 Å². The maximum Gasteiger partial charge on any atom is 0.393 e. The fourth-order valence-electron chi connectivity index (χ4n) is 3.60. The maximum atomic E-state index is 13.0. The summed E-state index contributed by atoms with van der Waals surface area (Å²) >= 11 is 0. The van der Waals surface area contributed by atoms with Gasteiger partial charge in [-0.3, -0.25) is 14.5 Å². The topological polar surface area (TPSA) is 60.9 Å². The molecule has 26 heavy (non-hydrogen) atoms. The number of carboxylic acid groups (broad SMARTS) is 1. The molecule has 9 heteroatoms. The van der Waals surface area contributed by atoms with Crippen LogP contribution in [0.25, 0.3) is 0 Å². The highest BCUT2D eigenvalue weighted by Gasteiger charge is 2.52. The molecule has 0 saturated carbocycles. The second kappa shape index (κ2) is 7.84. The molecule has 2 aliphatic heterocycles. The molecule has 0 spiro atoms. The minimum absolute atomic E-state index is 0. The van der Waals surface area contributed by atoms with E-state index in [0.29, 0.717) is 19.5 Å². The molecule has 1 N–H and O–H groups in total. The van der Waals surface area contributed by atoms with Gasteiger partial charge in [-0.1, -0.05) is 24.3 Å². The predicted molar refractivity (Wildman–Crippen MR) is 89.9 cm³/mol. The predicted octanol–water partition coefficient (Wildman–Crippen LogP) is 2.19. The Balaban J connectivity index is 0.00000243. The number of likely N-dealkylation sites (tertiary alicyclic amines) is 1. The van der Waals surface area contributed by atoms with Crippen molar-refractivity contribution in [2.24, 2.45) is 11.8 Å². The van der Waals surface area contributed by atoms with Gasteiger partial charge in [0, 0.05) is 26.2 Å². The molecule has 0 unspecified atom stereocenters. The molecule has 1 saturated heterocycles. The first-order chi connectivity index (χ1) is 11.8. The van der Waals surface area contributed by atoms with E-state index in [-0.39, 0.29) is 31.4 Å². The Morgan fingerprint density at radius 1 is 1.15 bits per heavy atom. The zero-order chi connectivity index (χ0) is 18.2. The summed E-state index contributed by atoms with van der Waals surface area (Å²) in [5, 5.41) is 9.03. The number of carbonyl (C=O) groups excluding carboxylic acids is 1. The number of amides is 1. The number of aliphatic carboxylic acids is 1. The van der Waals surface area contributed by atoms with Crippen molar-refractivity contribution in [1.29, 1.82) is 0 Å². The van der Waals surface area contributed by atoms with Gasteiger partial charge in [0.1, 0.15) is 0 Å². The van der Waals surface area contributed by atoms with Crippen LogP contribution in [0, 0.1) is 11.8 Å². The summed E-state index contributed by atoms with van der Waals surface area (Å²) in [6.07, 6.45) is -3.87. The van der Waals surface area contributed by atoms with Crippen LogP contribution in [0.2, 0.25) is 0 Å². The molecule has 1 fully saturated rings. The van der Waals surface area contributed by atoms with Gasteiger partial charge < -0.3 is 10.0 Å². The Hall–Kier alpha value is -1.80. The molecule has 3 rings (SSSR count). The third-order valence-electron chi connectivity index (χ3n) is 4.98. The highest BCUT2D eigenvalue weighted by atomic mass is 35.5. The van der Waals surface area contributed by atoms with Gasteiger partial charge in [0.25, 0.3) is 0 Å². The molecule has 0 aliphatic carbocycles. The van der Waals surface area contributed by atoms with Crippen molar-refractivity contribution in [1.82, 2.24) is 9.80 Å². The first kappa shape index (κ1) is 20.5. The van der Waals surface area contributed by atoms with Crippen molar-refractivity contribution in [2.45, 2.75) is 19.1 Å². The van der Waals surface area contributed by atoms with Crippen LogP contribution in [0.1, 0.15) is 11.1 Å². The SMILES string of the molecule is Cl.O=C(O)[C@@H]1CN(CC(=O)N2CCc3ccccc3C2)C[C@H]1C(F)(F)F. The van der Waals surface area contributed by atoms with Gasteiger partial charge in [0.05, 0.1) is 18.4 Å². The third kappa shape index (κ3) is 4.29. The summed E-state index contributed by atoms with van der Waals surface area (Å²) in [4.78, 5) is 26.5. The average Bonchev–Trinajstić information content (AvgIpc) is 2.99. The van der Waals surface area contributed by atoms with Crippen molar-refractivity contribution in [3.8, 4) is 0 Å². The largest absolute Gasteiger partial charge is 0.481 e. The van der Waals surface area contributed by atoms with Gasteiger partial charge in [-0.05, 0) is 17.5 Å². The maximum absolute atomic E-state index is 13.0. The van der Waals surface area contributed by atoms with E-state index in [2.05, 4.69) is 0 Å². The van der Waals surface area contributed by atoms with Crippen molar-refractivity contribution < 1.29 is 27.9 Å². The smallest absolute Gasteiger partial charge is 0.393 e. The lowest BCUT2D eigenvalue weighted by Crippen LogP contribution is -2.42. The average molecular weight is 393 g/mol. The number of fused-ring (bicyclic) bond motifs is 1. The molecular weight excluding hydrogens is 373 g/mol. The van der Waals surface area contributed by atoms with E-state index >= 15 is 0 Å². The first-order valence-electron chi connectivity index (χ1n) is 8.12. The van der Waals surface area contributed by atoms with Crippen molar-refractivity contribution in [3.63, 3.8) is 0 Å². The second-order valence-electron chi connectivity index (χ2n) is 6.62. The lowest BCUT2D eigenvalue weighted by molar-refractivity contribution is -0.188. The number of rotatable bonds is 3. The van der Waals surface area contributed by atoms with E-state index in [1.54, 1.807) is 4.90 Å². The number of hydrogen-bond donors (Lipinski definition) is 1. The van der Waals surface area contributed by atoms with Gasteiger partial charge in [0.15, 0.2) is 0 Å². The lowest BCUT2D eigenvalue weighted by Gasteiger charge is -2.30. The zero-order valence-corrected chi connectivity index (χ0v) is 14.7. The summed E-state index contributed by atoms with van der Waals surface area (Å²) < 4.78 is 39.0. The van der Waals surface area contributed by atoms with E-state index in [4.69, 9.17) is 5.11 Å². The minimum atomic E-state index is -4.58. The van der Waals surface area contributed by atoms with Crippen LogP contribution in [0.5, 0.6) is 0 Å². The molecule has 2 atom stereocenters. The number of nitrogens with zero attached hydrogens (tertiary/aromatic N) is 2. The van der Waals surface area contributed by atoms with Crippen LogP contribution in [0.4, 0.5) is 13.2 Å². The molecule has 1 amide bonds. The molecule has 2 heterocycles. The zero-order valence-electron chi connectivity index (χ0n) is 13.9. The normalized spacial score (nSPS) is 23.3. The van der Waals surface area contributed by atoms with Gasteiger partial charge >= 0.3 is 12.1 Å². The van der Waals surface area contributed by atoms with Gasteiger partial charge in [-0.15, -0.1) is 12.4 Å². The molecule has 1 aromatic rings. The summed E-state index contributed by atoms with van der Waals surface area (Å²) in [5.41, 5.74) is 2.22. The number of benzene rings is 1. The number of halogens is 4. The van der Waals surface area contributed by atoms with Crippen molar-refractivity contribution >= 4 is 24.3 Å². The van der Waals surface area contributed by atoms with Crippen LogP contribution < -0.4 is 0 Å². The van der Waals surface area contributed by atoms with E-state index in [1.807, 2.05) is 24.3 Å². The van der Waals surface area contributed by atoms with Crippen molar-refractivity contribution in [3.05, 3.63) is 35.4 Å². The minimum Gasteiger partial charge on any atom is -0.481 e. The Kier molecular flexibility index (Phi) is 6.18. The van der Waals surface area contributed by atoms with Gasteiger partial charge in [-0.2, -0.15) is 13.2 Å². The number of carbonyl (C=O) groups is 2. The number of hydrogen-bond acceptors (Lipinski definition) is 3. The fraction of sp³-hybridized carbons (Fsp3) is 0.529. The van der Waals surface area contributed by atoms with E-state index in [9.17, 15) is 22.8 Å². The number of alkyl halides is 3. The van der Waals surface area contributed by atoms with Crippen LogP contribution in [-0.4, -0.2) is 59.1 Å². The highest BCUT2D eigenvalue weighted by molar-refractivity contribution is 5.85. The summed E-state index contributed by atoms with van der Waals surface area (Å²) in [7, 11) is 0. The standard InChI is InChI=1S/C17H19F3N2O3.ClH/c18-17(19,20)14-9-21(8-13(14)16(24)25)10-15(23)22-6-5-11-3-1-2-4-12(11)7-22;/h1-4,13-14H,5-10H2,(H,24,25);1H/t13-,14-;/m1./s1. The van der Waals surface area contributed by atoms with Gasteiger partial charge in [-0.25, -0.2) is 0 Å². The fourth-order valence-corrected chi connectivity index (χ4v) is 3.60. The van der Waals surface area contributed by atoms with Crippen LogP contribution >= 0.6 is 12.4 Å². The highest BCUT2D eigenvalue weighted by Crippen LogP contribution is 2.37. The first-order valence-corrected chi connectivity index (χ1v) is 8.12. The number of carboxylic acids is 1. The summed E-state index contributed by atoms with van der Waals surface area (Å²) in [6.45, 7) is 0.0769. The Morgan fingerprint density at radius 3 is 2.38 bits per heavy atom. The van der Waals surface area contributed by atoms with Crippen LogP contribution in [0.3, 0.4) is 0 Å². The second-order valence-corrected chi connectivity index (χ2v) is 6.62. The molecule has 0 aromatic heterocycles. The summed E-state index contributed by atoms with van der Waals surface area (Å²) in [5.74, 6) is -5.18. The molecule has 5 nitrogen and oxygen atoms in total. The van der Waals surface area contributed by atoms with E-state index < -0.39 is 30.5 Å². The molecule has 2 aliphatic rings. The Labute approximate surface area is 155 Å². The Morgan fingerprint density at radius 2 is 1.81 bits per heavy atom. The molecule has 1 aromatic carbocycles. The lowest BCUT2D eigenvalue weighted by atomic mass is 9.96. The summed E-state index contributed by atoms with van der Waals surface area (Å²) in [6, 6.07) is 7.76. The molecule has 0 radical (unpaired) electrons. The molecule has 144 valence electrons. The van der Waals surface area contributed by atoms with Gasteiger partial charge in [0.2, 0.25) is 5.91 Å².